The normalized spacial score (nSPS) is 18.0. The molecule has 2 heterocycles. The molecule has 19 heavy (non-hydrogen) atoms. The second kappa shape index (κ2) is 4.74. The number of hydrogen-bond donors (Lipinski definition) is 1. The highest BCUT2D eigenvalue weighted by molar-refractivity contribution is 5.80. The first kappa shape index (κ1) is 12.3. The highest BCUT2D eigenvalue weighted by atomic mass is 16.5. The van der Waals surface area contributed by atoms with Gasteiger partial charge in [-0.05, 0) is 45.1 Å². The van der Waals surface area contributed by atoms with Gasteiger partial charge >= 0.3 is 0 Å². The van der Waals surface area contributed by atoms with Gasteiger partial charge in [-0.2, -0.15) is 0 Å². The Kier molecular flexibility index (Phi) is 3.06. The van der Waals surface area contributed by atoms with Crippen molar-refractivity contribution in [3.63, 3.8) is 0 Å². The fourth-order valence-corrected chi connectivity index (χ4v) is 2.86. The Hall–Kier alpha value is -1.75. The largest absolute Gasteiger partial charge is 0.497 e. The van der Waals surface area contributed by atoms with E-state index in [0.29, 0.717) is 12.0 Å². The molecule has 3 rings (SSSR count). The van der Waals surface area contributed by atoms with Crippen LogP contribution in [-0.4, -0.2) is 41.7 Å². The van der Waals surface area contributed by atoms with Crippen molar-refractivity contribution < 1.29 is 4.74 Å². The molecule has 1 aliphatic rings. The average Bonchev–Trinajstić information content (AvgIpc) is 2.75. The number of hydrogen-bond acceptors (Lipinski definition) is 4. The van der Waals surface area contributed by atoms with Crippen LogP contribution in [-0.2, 0) is 0 Å². The van der Waals surface area contributed by atoms with Crippen molar-refractivity contribution in [1.29, 1.82) is 0 Å². The Bertz CT molecular complexity index is 584. The second-order valence-electron chi connectivity index (χ2n) is 5.23. The smallest absolute Gasteiger partial charge is 0.201 e. The van der Waals surface area contributed by atoms with Crippen LogP contribution in [0.3, 0.4) is 0 Å². The van der Waals surface area contributed by atoms with Crippen LogP contribution < -0.4 is 10.5 Å². The standard InChI is InChI=1S/C14H20N4O/c1-17-7-5-10(6-8-17)18-13-9-11(19-2)3-4-12(13)16-14(18)15/h3-4,9-10H,5-8H2,1-2H3,(H2,15,16). The van der Waals surface area contributed by atoms with Crippen LogP contribution in [0.15, 0.2) is 18.2 Å². The first-order chi connectivity index (χ1) is 9.19. The van der Waals surface area contributed by atoms with Crippen molar-refractivity contribution in [2.24, 2.45) is 0 Å². The van der Waals surface area contributed by atoms with Crippen LogP contribution >= 0.6 is 0 Å². The second-order valence-corrected chi connectivity index (χ2v) is 5.23. The van der Waals surface area contributed by atoms with Crippen LogP contribution in [0.4, 0.5) is 5.95 Å². The number of nitrogens with zero attached hydrogens (tertiary/aromatic N) is 3. The van der Waals surface area contributed by atoms with E-state index in [2.05, 4.69) is 21.5 Å². The van der Waals surface area contributed by atoms with E-state index in [1.54, 1.807) is 7.11 Å². The Morgan fingerprint density at radius 3 is 2.74 bits per heavy atom. The van der Waals surface area contributed by atoms with E-state index >= 15 is 0 Å². The third kappa shape index (κ3) is 2.14. The summed E-state index contributed by atoms with van der Waals surface area (Å²) in [6, 6.07) is 6.36. The molecular weight excluding hydrogens is 240 g/mol. The van der Waals surface area contributed by atoms with Gasteiger partial charge in [-0.25, -0.2) is 4.98 Å². The summed E-state index contributed by atoms with van der Waals surface area (Å²) < 4.78 is 7.47. The van der Waals surface area contributed by atoms with E-state index in [1.807, 2.05) is 18.2 Å². The zero-order valence-corrected chi connectivity index (χ0v) is 11.5. The molecule has 0 unspecified atom stereocenters. The minimum Gasteiger partial charge on any atom is -0.497 e. The average molecular weight is 260 g/mol. The molecule has 0 radical (unpaired) electrons. The van der Waals surface area contributed by atoms with E-state index in [-0.39, 0.29) is 0 Å². The van der Waals surface area contributed by atoms with Crippen molar-refractivity contribution in [2.75, 3.05) is 33.0 Å². The lowest BCUT2D eigenvalue weighted by Gasteiger charge is -2.30. The number of anilines is 1. The molecule has 1 fully saturated rings. The molecular formula is C14H20N4O. The van der Waals surface area contributed by atoms with E-state index in [1.165, 1.54) is 0 Å². The first-order valence-electron chi connectivity index (χ1n) is 6.69. The Morgan fingerprint density at radius 1 is 1.32 bits per heavy atom. The summed E-state index contributed by atoms with van der Waals surface area (Å²) in [5.74, 6) is 1.46. The van der Waals surface area contributed by atoms with Gasteiger partial charge in [0.1, 0.15) is 5.75 Å². The molecule has 0 spiro atoms. The summed E-state index contributed by atoms with van der Waals surface area (Å²) in [5, 5.41) is 0. The van der Waals surface area contributed by atoms with Gasteiger partial charge in [0, 0.05) is 12.1 Å². The topological polar surface area (TPSA) is 56.3 Å². The monoisotopic (exact) mass is 260 g/mol. The van der Waals surface area contributed by atoms with Gasteiger partial charge in [-0.3, -0.25) is 0 Å². The van der Waals surface area contributed by atoms with Gasteiger partial charge in [-0.1, -0.05) is 0 Å². The van der Waals surface area contributed by atoms with Crippen LogP contribution in [0.25, 0.3) is 11.0 Å². The summed E-state index contributed by atoms with van der Waals surface area (Å²) in [6.45, 7) is 2.21. The maximum atomic E-state index is 6.11. The Morgan fingerprint density at radius 2 is 2.05 bits per heavy atom. The molecule has 0 bridgehead atoms. The van der Waals surface area contributed by atoms with E-state index in [9.17, 15) is 0 Å². The molecule has 0 atom stereocenters. The number of likely N-dealkylation sites (tertiary alicyclic amines) is 1. The number of nitrogens with two attached hydrogens (primary N) is 1. The predicted molar refractivity (Wildman–Crippen MR) is 76.5 cm³/mol. The molecule has 5 nitrogen and oxygen atoms in total. The predicted octanol–water partition coefficient (Wildman–Crippen LogP) is 1.89. The van der Waals surface area contributed by atoms with Crippen LogP contribution in [0, 0.1) is 0 Å². The van der Waals surface area contributed by atoms with Crippen molar-refractivity contribution in [3.8, 4) is 5.75 Å². The molecule has 1 aliphatic heterocycles. The zero-order valence-electron chi connectivity index (χ0n) is 11.5. The molecule has 1 aromatic carbocycles. The van der Waals surface area contributed by atoms with E-state index < -0.39 is 0 Å². The lowest BCUT2D eigenvalue weighted by molar-refractivity contribution is 0.225. The quantitative estimate of drug-likeness (QED) is 0.896. The molecule has 102 valence electrons. The summed E-state index contributed by atoms with van der Waals surface area (Å²) in [7, 11) is 3.84. The van der Waals surface area contributed by atoms with Crippen LogP contribution in [0.1, 0.15) is 18.9 Å². The molecule has 1 aromatic heterocycles. The minimum absolute atomic E-state index is 0.438. The van der Waals surface area contributed by atoms with Gasteiger partial charge < -0.3 is 19.9 Å². The number of ether oxygens (including phenoxy) is 1. The number of rotatable bonds is 2. The SMILES string of the molecule is COc1ccc2nc(N)n(C3CCN(C)CC3)c2c1. The summed E-state index contributed by atoms with van der Waals surface area (Å²) in [5.41, 5.74) is 8.13. The highest BCUT2D eigenvalue weighted by Crippen LogP contribution is 2.31. The summed E-state index contributed by atoms with van der Waals surface area (Å²) >= 11 is 0. The molecule has 2 N–H and O–H groups in total. The van der Waals surface area contributed by atoms with Crippen LogP contribution in [0.5, 0.6) is 5.75 Å². The fourth-order valence-electron chi connectivity index (χ4n) is 2.86. The lowest BCUT2D eigenvalue weighted by atomic mass is 10.1. The van der Waals surface area contributed by atoms with Crippen molar-refractivity contribution in [2.45, 2.75) is 18.9 Å². The maximum Gasteiger partial charge on any atom is 0.201 e. The first-order valence-corrected chi connectivity index (χ1v) is 6.69. The third-order valence-corrected chi connectivity index (χ3v) is 3.98. The molecule has 1 saturated heterocycles. The minimum atomic E-state index is 0.438. The molecule has 0 amide bonds. The number of imidazole rings is 1. The number of methoxy groups -OCH3 is 1. The van der Waals surface area contributed by atoms with E-state index in [4.69, 9.17) is 10.5 Å². The van der Waals surface area contributed by atoms with Crippen molar-refractivity contribution in [3.05, 3.63) is 18.2 Å². The molecule has 0 aliphatic carbocycles. The Labute approximate surface area is 113 Å². The van der Waals surface area contributed by atoms with Gasteiger partial charge in [0.05, 0.1) is 18.1 Å². The molecule has 0 saturated carbocycles. The number of nitrogen functional groups attached to an aromatic ring is 1. The van der Waals surface area contributed by atoms with Crippen LogP contribution in [0.2, 0.25) is 0 Å². The van der Waals surface area contributed by atoms with Crippen molar-refractivity contribution >= 4 is 17.0 Å². The molecule has 2 aromatic rings. The van der Waals surface area contributed by atoms with Crippen molar-refractivity contribution in [1.82, 2.24) is 14.5 Å². The summed E-state index contributed by atoms with van der Waals surface area (Å²) in [4.78, 5) is 6.81. The number of piperidine rings is 1. The van der Waals surface area contributed by atoms with Gasteiger partial charge in [0.15, 0.2) is 0 Å². The number of fused-ring (bicyclic) bond motifs is 1. The number of benzene rings is 1. The molecule has 5 heteroatoms. The summed E-state index contributed by atoms with van der Waals surface area (Å²) in [6.07, 6.45) is 2.23. The van der Waals surface area contributed by atoms with Gasteiger partial charge in [-0.15, -0.1) is 0 Å². The highest BCUT2D eigenvalue weighted by Gasteiger charge is 2.22. The maximum absolute atomic E-state index is 6.11. The third-order valence-electron chi connectivity index (χ3n) is 3.98. The Balaban J connectivity index is 2.04. The fraction of sp³-hybridized carbons (Fsp3) is 0.500. The zero-order chi connectivity index (χ0) is 13.4. The van der Waals surface area contributed by atoms with E-state index in [0.717, 1.165) is 42.7 Å². The van der Waals surface area contributed by atoms with Gasteiger partial charge in [0.2, 0.25) is 5.95 Å². The van der Waals surface area contributed by atoms with Gasteiger partial charge in [0.25, 0.3) is 0 Å². The lowest BCUT2D eigenvalue weighted by Crippen LogP contribution is -2.31. The number of aromatic nitrogens is 2.